The third kappa shape index (κ3) is 4.48. The molecule has 3 N–H and O–H groups in total. The lowest BCUT2D eigenvalue weighted by Crippen LogP contribution is -2.38. The molecule has 5 nitrogen and oxygen atoms in total. The number of aromatic carboxylic acids is 1. The summed E-state index contributed by atoms with van der Waals surface area (Å²) in [6.45, 7) is 3.85. The molecule has 1 saturated carbocycles. The van der Waals surface area contributed by atoms with Crippen LogP contribution in [0.2, 0.25) is 0 Å². The highest BCUT2D eigenvalue weighted by Gasteiger charge is 2.25. The standard InChI is InChI=1S/C16H22N2O3/c1-3-13(9-11-4-5-11)17-16(21)18-14-7-6-12(15(19)20)8-10(14)2/h6-8,11,13H,3-5,9H2,1-2H3,(H,19,20)(H2,17,18,21). The lowest BCUT2D eigenvalue weighted by atomic mass is 10.1. The Labute approximate surface area is 124 Å². The average Bonchev–Trinajstić information content (AvgIpc) is 3.24. The van der Waals surface area contributed by atoms with E-state index in [1.165, 1.54) is 18.9 Å². The number of hydrogen-bond donors (Lipinski definition) is 3. The lowest BCUT2D eigenvalue weighted by Gasteiger charge is -2.18. The first-order valence-electron chi connectivity index (χ1n) is 7.41. The van der Waals surface area contributed by atoms with E-state index in [1.807, 2.05) is 0 Å². The number of rotatable bonds is 6. The molecule has 0 bridgehead atoms. The van der Waals surface area contributed by atoms with Crippen LogP contribution in [0.25, 0.3) is 0 Å². The fourth-order valence-electron chi connectivity index (χ4n) is 2.36. The number of aryl methyl sites for hydroxylation is 1. The van der Waals surface area contributed by atoms with Gasteiger partial charge in [-0.15, -0.1) is 0 Å². The molecule has 1 aromatic carbocycles. The average molecular weight is 290 g/mol. The summed E-state index contributed by atoms with van der Waals surface area (Å²) in [4.78, 5) is 22.9. The molecule has 1 aliphatic carbocycles. The van der Waals surface area contributed by atoms with Crippen LogP contribution in [0.3, 0.4) is 0 Å². The molecule has 0 heterocycles. The van der Waals surface area contributed by atoms with E-state index in [9.17, 15) is 9.59 Å². The van der Waals surface area contributed by atoms with Gasteiger partial charge in [0.05, 0.1) is 5.56 Å². The van der Waals surface area contributed by atoms with Crippen molar-refractivity contribution in [2.24, 2.45) is 5.92 Å². The molecule has 21 heavy (non-hydrogen) atoms. The Bertz CT molecular complexity index is 538. The van der Waals surface area contributed by atoms with Crippen LogP contribution in [0.15, 0.2) is 18.2 Å². The monoisotopic (exact) mass is 290 g/mol. The second-order valence-corrected chi connectivity index (χ2v) is 5.72. The summed E-state index contributed by atoms with van der Waals surface area (Å²) >= 11 is 0. The van der Waals surface area contributed by atoms with E-state index >= 15 is 0 Å². The number of hydrogen-bond acceptors (Lipinski definition) is 2. The van der Waals surface area contributed by atoms with Crippen molar-refractivity contribution < 1.29 is 14.7 Å². The highest BCUT2D eigenvalue weighted by Crippen LogP contribution is 2.34. The Kier molecular flexibility index (Phi) is 4.83. The minimum absolute atomic E-state index is 0.205. The van der Waals surface area contributed by atoms with Gasteiger partial charge in [-0.25, -0.2) is 9.59 Å². The molecule has 0 radical (unpaired) electrons. The van der Waals surface area contributed by atoms with Gasteiger partial charge in [-0.1, -0.05) is 19.8 Å². The fraction of sp³-hybridized carbons (Fsp3) is 0.500. The zero-order chi connectivity index (χ0) is 15.4. The number of carbonyl (C=O) groups is 2. The minimum Gasteiger partial charge on any atom is -0.478 e. The summed E-state index contributed by atoms with van der Waals surface area (Å²) in [6, 6.07) is 4.65. The molecule has 0 aromatic heterocycles. The van der Waals surface area contributed by atoms with Crippen LogP contribution in [0.5, 0.6) is 0 Å². The van der Waals surface area contributed by atoms with Crippen molar-refractivity contribution in [2.45, 2.75) is 45.6 Å². The molecule has 1 aromatic rings. The number of benzene rings is 1. The summed E-state index contributed by atoms with van der Waals surface area (Å²) in [6.07, 6.45) is 4.51. The maximum absolute atomic E-state index is 12.0. The van der Waals surface area contributed by atoms with Crippen molar-refractivity contribution in [3.63, 3.8) is 0 Å². The summed E-state index contributed by atoms with van der Waals surface area (Å²) in [5.74, 6) is -0.198. The first kappa shape index (κ1) is 15.4. The molecule has 2 amide bonds. The van der Waals surface area contributed by atoms with Gasteiger partial charge in [0.25, 0.3) is 0 Å². The van der Waals surface area contributed by atoms with Gasteiger partial charge in [-0.05, 0) is 49.4 Å². The third-order valence-electron chi connectivity index (χ3n) is 3.86. The molecule has 0 saturated heterocycles. The molecule has 1 fully saturated rings. The predicted octanol–water partition coefficient (Wildman–Crippen LogP) is 3.39. The van der Waals surface area contributed by atoms with Gasteiger partial charge in [-0.2, -0.15) is 0 Å². The van der Waals surface area contributed by atoms with Crippen LogP contribution < -0.4 is 10.6 Å². The molecular formula is C16H22N2O3. The first-order chi connectivity index (χ1) is 9.99. The van der Waals surface area contributed by atoms with Crippen molar-refractivity contribution in [3.05, 3.63) is 29.3 Å². The molecule has 1 aliphatic rings. The van der Waals surface area contributed by atoms with Crippen LogP contribution in [-0.4, -0.2) is 23.1 Å². The highest BCUT2D eigenvalue weighted by atomic mass is 16.4. The molecule has 2 rings (SSSR count). The quantitative estimate of drug-likeness (QED) is 0.751. The summed E-state index contributed by atoms with van der Waals surface area (Å²) in [7, 11) is 0. The van der Waals surface area contributed by atoms with Crippen LogP contribution in [0.1, 0.15) is 48.5 Å². The molecule has 1 atom stereocenters. The number of carboxylic acid groups (broad SMARTS) is 1. The first-order valence-corrected chi connectivity index (χ1v) is 7.41. The topological polar surface area (TPSA) is 78.4 Å². The molecule has 0 aliphatic heterocycles. The van der Waals surface area contributed by atoms with Gasteiger partial charge in [0.2, 0.25) is 0 Å². The van der Waals surface area contributed by atoms with Gasteiger partial charge in [0.15, 0.2) is 0 Å². The van der Waals surface area contributed by atoms with Crippen LogP contribution >= 0.6 is 0 Å². The molecule has 0 spiro atoms. The van der Waals surface area contributed by atoms with Gasteiger partial charge in [-0.3, -0.25) is 0 Å². The van der Waals surface area contributed by atoms with E-state index in [1.54, 1.807) is 19.1 Å². The van der Waals surface area contributed by atoms with Crippen LogP contribution in [0.4, 0.5) is 10.5 Å². The van der Waals surface area contributed by atoms with Crippen LogP contribution in [0, 0.1) is 12.8 Å². The molecular weight excluding hydrogens is 268 g/mol. The Morgan fingerprint density at radius 3 is 2.62 bits per heavy atom. The lowest BCUT2D eigenvalue weighted by molar-refractivity contribution is 0.0697. The molecule has 5 heteroatoms. The highest BCUT2D eigenvalue weighted by molar-refractivity contribution is 5.92. The Balaban J connectivity index is 1.93. The molecule has 114 valence electrons. The van der Waals surface area contributed by atoms with Crippen molar-refractivity contribution in [3.8, 4) is 0 Å². The number of amides is 2. The van der Waals surface area contributed by atoms with Crippen molar-refractivity contribution >= 4 is 17.7 Å². The van der Waals surface area contributed by atoms with Gasteiger partial charge < -0.3 is 15.7 Å². The fourth-order valence-corrected chi connectivity index (χ4v) is 2.36. The summed E-state index contributed by atoms with van der Waals surface area (Å²) < 4.78 is 0. The van der Waals surface area contributed by atoms with E-state index in [-0.39, 0.29) is 17.6 Å². The maximum atomic E-state index is 12.0. The van der Waals surface area contributed by atoms with Gasteiger partial charge in [0.1, 0.15) is 0 Å². The SMILES string of the molecule is CCC(CC1CC1)NC(=O)Nc1ccc(C(=O)O)cc1C. The third-order valence-corrected chi connectivity index (χ3v) is 3.86. The second-order valence-electron chi connectivity index (χ2n) is 5.72. The Morgan fingerprint density at radius 2 is 2.10 bits per heavy atom. The largest absolute Gasteiger partial charge is 0.478 e. The summed E-state index contributed by atoms with van der Waals surface area (Å²) in [5, 5.41) is 14.7. The number of carboxylic acids is 1. The number of urea groups is 1. The van der Waals surface area contributed by atoms with Gasteiger partial charge >= 0.3 is 12.0 Å². The zero-order valence-electron chi connectivity index (χ0n) is 12.5. The van der Waals surface area contributed by atoms with Crippen LogP contribution in [-0.2, 0) is 0 Å². The van der Waals surface area contributed by atoms with E-state index in [0.29, 0.717) is 5.69 Å². The smallest absolute Gasteiger partial charge is 0.335 e. The molecule has 1 unspecified atom stereocenters. The van der Waals surface area contributed by atoms with Crippen molar-refractivity contribution in [1.29, 1.82) is 0 Å². The Hall–Kier alpha value is -2.04. The maximum Gasteiger partial charge on any atom is 0.335 e. The summed E-state index contributed by atoms with van der Waals surface area (Å²) in [5.41, 5.74) is 1.60. The minimum atomic E-state index is -0.968. The zero-order valence-corrected chi connectivity index (χ0v) is 12.5. The van der Waals surface area contributed by atoms with Crippen molar-refractivity contribution in [2.75, 3.05) is 5.32 Å². The van der Waals surface area contributed by atoms with E-state index < -0.39 is 5.97 Å². The Morgan fingerprint density at radius 1 is 1.38 bits per heavy atom. The number of anilines is 1. The second kappa shape index (κ2) is 6.61. The number of nitrogens with one attached hydrogen (secondary N) is 2. The normalized spacial score (nSPS) is 15.3. The predicted molar refractivity (Wildman–Crippen MR) is 81.7 cm³/mol. The van der Waals surface area contributed by atoms with Crippen molar-refractivity contribution in [1.82, 2.24) is 5.32 Å². The van der Waals surface area contributed by atoms with E-state index in [0.717, 1.165) is 24.3 Å². The van der Waals surface area contributed by atoms with E-state index in [2.05, 4.69) is 17.6 Å². The number of carbonyl (C=O) groups excluding carboxylic acids is 1. The van der Waals surface area contributed by atoms with Gasteiger partial charge in [0, 0.05) is 11.7 Å². The van der Waals surface area contributed by atoms with E-state index in [4.69, 9.17) is 5.11 Å².